The molecule has 114 valence electrons. The van der Waals surface area contributed by atoms with E-state index in [2.05, 4.69) is 34.9 Å². The standard InChI is InChI=1S/C17H19N3O2/c1-4-19-10(2)12-7-5-6-11-8-9-20(13(11)12)15-14(19)16(21)18(3)17(15)22/h5-7,10H,4,8-9H2,1-3H3. The lowest BCUT2D eigenvalue weighted by atomic mass is 10.0. The second kappa shape index (κ2) is 4.35. The number of likely N-dealkylation sites (N-methyl/N-ethyl adjacent to an activating group) is 2. The molecule has 4 rings (SSSR count). The van der Waals surface area contributed by atoms with Gasteiger partial charge in [-0.3, -0.25) is 14.5 Å². The summed E-state index contributed by atoms with van der Waals surface area (Å²) in [4.78, 5) is 30.6. The summed E-state index contributed by atoms with van der Waals surface area (Å²) < 4.78 is 0. The number of fused-ring (bicyclic) bond motifs is 1. The predicted octanol–water partition coefficient (Wildman–Crippen LogP) is 1.66. The molecule has 1 aromatic rings. The van der Waals surface area contributed by atoms with Crippen LogP contribution in [0.2, 0.25) is 0 Å². The Bertz CT molecular complexity index is 737. The van der Waals surface area contributed by atoms with Crippen LogP contribution in [0.3, 0.4) is 0 Å². The SMILES string of the molecule is CCN1C2=C(C(=O)N(C)C2=O)N2CCc3cccc(c32)C1C. The third-order valence-electron chi connectivity index (χ3n) is 5.08. The second-order valence-electron chi connectivity index (χ2n) is 6.09. The van der Waals surface area contributed by atoms with Crippen LogP contribution in [0.1, 0.15) is 31.0 Å². The molecule has 0 spiro atoms. The molecule has 3 heterocycles. The van der Waals surface area contributed by atoms with Gasteiger partial charge in [-0.05, 0) is 31.4 Å². The van der Waals surface area contributed by atoms with Gasteiger partial charge in [0.05, 0.1) is 6.04 Å². The molecule has 1 aromatic carbocycles. The molecular weight excluding hydrogens is 278 g/mol. The Hall–Kier alpha value is -2.30. The number of nitrogens with zero attached hydrogens (tertiary/aromatic N) is 3. The number of carbonyl (C=O) groups excluding carboxylic acids is 2. The van der Waals surface area contributed by atoms with Crippen molar-refractivity contribution in [3.05, 3.63) is 40.7 Å². The zero-order valence-electron chi connectivity index (χ0n) is 13.1. The number of amides is 2. The minimum absolute atomic E-state index is 0.0799. The van der Waals surface area contributed by atoms with Crippen molar-refractivity contribution in [3.63, 3.8) is 0 Å². The summed E-state index contributed by atoms with van der Waals surface area (Å²) in [6.45, 7) is 5.61. The maximum atomic E-state index is 12.7. The molecule has 0 aromatic heterocycles. The summed E-state index contributed by atoms with van der Waals surface area (Å²) in [5, 5.41) is 0. The molecule has 5 heteroatoms. The number of anilines is 1. The lowest BCUT2D eigenvalue weighted by molar-refractivity contribution is -0.136. The normalized spacial score (nSPS) is 23.2. The molecule has 0 N–H and O–H groups in total. The quantitative estimate of drug-likeness (QED) is 0.740. The zero-order valence-corrected chi connectivity index (χ0v) is 13.1. The van der Waals surface area contributed by atoms with Gasteiger partial charge in [-0.25, -0.2) is 0 Å². The van der Waals surface area contributed by atoms with E-state index in [1.54, 1.807) is 7.05 Å². The Morgan fingerprint density at radius 2 is 1.91 bits per heavy atom. The highest BCUT2D eigenvalue weighted by molar-refractivity contribution is 6.20. The first-order valence-electron chi connectivity index (χ1n) is 7.78. The van der Waals surface area contributed by atoms with Gasteiger partial charge < -0.3 is 9.80 Å². The largest absolute Gasteiger partial charge is 0.359 e. The Balaban J connectivity index is 2.02. The van der Waals surface area contributed by atoms with Crippen molar-refractivity contribution in [3.8, 4) is 0 Å². The first-order valence-corrected chi connectivity index (χ1v) is 7.78. The van der Waals surface area contributed by atoms with Crippen LogP contribution >= 0.6 is 0 Å². The molecule has 0 aliphatic carbocycles. The van der Waals surface area contributed by atoms with Crippen molar-refractivity contribution in [2.45, 2.75) is 26.3 Å². The van der Waals surface area contributed by atoms with Crippen LogP contribution in [-0.2, 0) is 16.0 Å². The first-order chi connectivity index (χ1) is 10.6. The molecule has 22 heavy (non-hydrogen) atoms. The molecule has 1 atom stereocenters. The van der Waals surface area contributed by atoms with E-state index in [4.69, 9.17) is 0 Å². The van der Waals surface area contributed by atoms with Crippen molar-refractivity contribution >= 4 is 17.5 Å². The summed E-state index contributed by atoms with van der Waals surface area (Å²) in [7, 11) is 1.57. The lowest BCUT2D eigenvalue weighted by Crippen LogP contribution is -2.34. The minimum atomic E-state index is -0.185. The molecule has 3 aliphatic rings. The Morgan fingerprint density at radius 1 is 1.18 bits per heavy atom. The molecule has 1 unspecified atom stereocenters. The van der Waals surface area contributed by atoms with E-state index in [1.807, 2.05) is 6.92 Å². The zero-order chi connectivity index (χ0) is 15.6. The predicted molar refractivity (Wildman–Crippen MR) is 83.1 cm³/mol. The maximum Gasteiger partial charge on any atom is 0.279 e. The van der Waals surface area contributed by atoms with Gasteiger partial charge in [0, 0.05) is 25.8 Å². The lowest BCUT2D eigenvalue weighted by Gasteiger charge is -2.30. The van der Waals surface area contributed by atoms with Gasteiger partial charge in [-0.15, -0.1) is 0 Å². The van der Waals surface area contributed by atoms with E-state index in [0.29, 0.717) is 17.9 Å². The van der Waals surface area contributed by atoms with Gasteiger partial charge >= 0.3 is 0 Å². The molecule has 2 amide bonds. The number of para-hydroxylation sites is 1. The highest BCUT2D eigenvalue weighted by Crippen LogP contribution is 2.45. The molecule has 0 saturated heterocycles. The van der Waals surface area contributed by atoms with Crippen molar-refractivity contribution in [1.29, 1.82) is 0 Å². The Kier molecular flexibility index (Phi) is 2.64. The van der Waals surface area contributed by atoms with Crippen molar-refractivity contribution in [1.82, 2.24) is 9.80 Å². The molecule has 0 fully saturated rings. The van der Waals surface area contributed by atoms with Gasteiger partial charge in [0.1, 0.15) is 11.4 Å². The van der Waals surface area contributed by atoms with Gasteiger partial charge in [-0.2, -0.15) is 0 Å². The number of hydrogen-bond acceptors (Lipinski definition) is 4. The summed E-state index contributed by atoms with van der Waals surface area (Å²) in [6, 6.07) is 6.40. The smallest absolute Gasteiger partial charge is 0.279 e. The van der Waals surface area contributed by atoms with Crippen LogP contribution in [0, 0.1) is 0 Å². The Morgan fingerprint density at radius 3 is 2.64 bits per heavy atom. The summed E-state index contributed by atoms with van der Waals surface area (Å²) in [6.07, 6.45) is 0.921. The number of rotatable bonds is 1. The third kappa shape index (κ3) is 1.43. The second-order valence-corrected chi connectivity index (χ2v) is 6.09. The number of hydrogen-bond donors (Lipinski definition) is 0. The topological polar surface area (TPSA) is 43.9 Å². The Labute approximate surface area is 129 Å². The van der Waals surface area contributed by atoms with E-state index in [-0.39, 0.29) is 17.9 Å². The number of carbonyl (C=O) groups is 2. The van der Waals surface area contributed by atoms with Crippen molar-refractivity contribution in [2.75, 3.05) is 25.0 Å². The molecular formula is C17H19N3O2. The van der Waals surface area contributed by atoms with Crippen molar-refractivity contribution in [2.24, 2.45) is 0 Å². The molecule has 3 aliphatic heterocycles. The van der Waals surface area contributed by atoms with Gasteiger partial charge in [-0.1, -0.05) is 18.2 Å². The van der Waals surface area contributed by atoms with E-state index in [1.165, 1.54) is 16.0 Å². The van der Waals surface area contributed by atoms with E-state index >= 15 is 0 Å². The van der Waals surface area contributed by atoms with Crippen LogP contribution in [-0.4, -0.2) is 41.8 Å². The van der Waals surface area contributed by atoms with Gasteiger partial charge in [0.25, 0.3) is 11.8 Å². The van der Waals surface area contributed by atoms with Gasteiger partial charge in [0.15, 0.2) is 0 Å². The summed E-state index contributed by atoms with van der Waals surface area (Å²) >= 11 is 0. The highest BCUT2D eigenvalue weighted by atomic mass is 16.2. The highest BCUT2D eigenvalue weighted by Gasteiger charge is 2.47. The fourth-order valence-electron chi connectivity index (χ4n) is 3.96. The monoisotopic (exact) mass is 297 g/mol. The molecule has 5 nitrogen and oxygen atoms in total. The van der Waals surface area contributed by atoms with Crippen molar-refractivity contribution < 1.29 is 9.59 Å². The van der Waals surface area contributed by atoms with E-state index in [0.717, 1.165) is 18.7 Å². The van der Waals surface area contributed by atoms with Crippen LogP contribution in [0.25, 0.3) is 0 Å². The van der Waals surface area contributed by atoms with E-state index in [9.17, 15) is 9.59 Å². The number of benzene rings is 1. The van der Waals surface area contributed by atoms with E-state index < -0.39 is 0 Å². The third-order valence-corrected chi connectivity index (χ3v) is 5.08. The van der Waals surface area contributed by atoms with Crippen LogP contribution in [0.15, 0.2) is 29.6 Å². The fraction of sp³-hybridized carbons (Fsp3) is 0.412. The first kappa shape index (κ1) is 13.4. The summed E-state index contributed by atoms with van der Waals surface area (Å²) in [5.41, 5.74) is 4.73. The average Bonchev–Trinajstić information content (AvgIpc) is 3.00. The molecule has 0 bridgehead atoms. The van der Waals surface area contributed by atoms with Crippen LogP contribution < -0.4 is 4.90 Å². The summed E-state index contributed by atoms with van der Waals surface area (Å²) in [5.74, 6) is -0.370. The molecule has 0 radical (unpaired) electrons. The van der Waals surface area contributed by atoms with Gasteiger partial charge in [0.2, 0.25) is 0 Å². The van der Waals surface area contributed by atoms with Crippen LogP contribution in [0.4, 0.5) is 5.69 Å². The maximum absolute atomic E-state index is 12.7. The minimum Gasteiger partial charge on any atom is -0.359 e. The average molecular weight is 297 g/mol. The van der Waals surface area contributed by atoms with Crippen LogP contribution in [0.5, 0.6) is 0 Å². The molecule has 0 saturated carbocycles. The number of imide groups is 1. The fourth-order valence-corrected chi connectivity index (χ4v) is 3.96.